The number of carbonyl (C=O) groups excluding carboxylic acids is 1. The van der Waals surface area contributed by atoms with Crippen molar-refractivity contribution in [1.29, 1.82) is 0 Å². The summed E-state index contributed by atoms with van der Waals surface area (Å²) >= 11 is 0. The number of rotatable bonds is 5. The molecule has 0 fully saturated rings. The van der Waals surface area contributed by atoms with E-state index in [1.165, 1.54) is 26.0 Å². The molecule has 1 heterocycles. The fourth-order valence-electron chi connectivity index (χ4n) is 4.07. The summed E-state index contributed by atoms with van der Waals surface area (Å²) in [6, 6.07) is 12.7. The lowest BCUT2D eigenvalue weighted by Crippen LogP contribution is -2.50. The zero-order valence-corrected chi connectivity index (χ0v) is 16.4. The van der Waals surface area contributed by atoms with E-state index in [1.807, 2.05) is 4.90 Å². The number of para-hydroxylation sites is 1. The lowest BCUT2D eigenvalue weighted by molar-refractivity contribution is -0.203. The van der Waals surface area contributed by atoms with Crippen LogP contribution in [0.25, 0.3) is 0 Å². The number of hydrogen-bond acceptors (Lipinski definition) is 2. The van der Waals surface area contributed by atoms with E-state index in [9.17, 15) is 22.4 Å². The van der Waals surface area contributed by atoms with Gasteiger partial charge >= 0.3 is 6.18 Å². The van der Waals surface area contributed by atoms with Crippen molar-refractivity contribution in [2.45, 2.75) is 33.0 Å². The molecule has 0 bridgehead atoms. The molecule has 3 rings (SSSR count). The first-order chi connectivity index (χ1) is 13.6. The number of carbonyl (C=O) groups is 1. The van der Waals surface area contributed by atoms with Crippen LogP contribution >= 0.6 is 0 Å². The summed E-state index contributed by atoms with van der Waals surface area (Å²) in [5, 5.41) is 2.39. The second-order valence-corrected chi connectivity index (χ2v) is 8.19. The molecule has 0 aromatic heterocycles. The van der Waals surface area contributed by atoms with Gasteiger partial charge in [0.25, 0.3) is 0 Å². The molecule has 29 heavy (non-hydrogen) atoms. The van der Waals surface area contributed by atoms with Crippen LogP contribution in [0.5, 0.6) is 0 Å². The second-order valence-electron chi connectivity index (χ2n) is 8.19. The van der Waals surface area contributed by atoms with Crippen molar-refractivity contribution in [1.82, 2.24) is 4.90 Å². The Hall–Kier alpha value is -2.41. The van der Waals surface area contributed by atoms with Gasteiger partial charge in [-0.05, 0) is 47.2 Å². The highest BCUT2D eigenvalue weighted by Crippen LogP contribution is 2.41. The molecular weight excluding hydrogens is 384 g/mol. The molecule has 0 saturated carbocycles. The second kappa shape index (κ2) is 8.14. The van der Waals surface area contributed by atoms with Crippen LogP contribution < -0.4 is 5.32 Å². The van der Waals surface area contributed by atoms with Gasteiger partial charge in [-0.25, -0.2) is 4.39 Å². The predicted octanol–water partition coefficient (Wildman–Crippen LogP) is 5.03. The molecule has 1 aliphatic rings. The first kappa shape index (κ1) is 21.3. The van der Waals surface area contributed by atoms with Crippen molar-refractivity contribution in [2.24, 2.45) is 11.3 Å². The summed E-state index contributed by atoms with van der Waals surface area (Å²) in [4.78, 5) is 14.4. The first-order valence-corrected chi connectivity index (χ1v) is 9.48. The minimum absolute atomic E-state index is 0.0648. The molecule has 0 radical (unpaired) electrons. The molecule has 2 aromatic carbocycles. The number of nitrogens with zero attached hydrogens (tertiary/aromatic N) is 1. The van der Waals surface area contributed by atoms with Crippen LogP contribution in [-0.4, -0.2) is 30.1 Å². The fraction of sp³-hybridized carbons (Fsp3) is 0.409. The van der Waals surface area contributed by atoms with E-state index >= 15 is 0 Å². The summed E-state index contributed by atoms with van der Waals surface area (Å²) in [7, 11) is 0. The van der Waals surface area contributed by atoms with Gasteiger partial charge in [0, 0.05) is 25.3 Å². The van der Waals surface area contributed by atoms with Crippen LogP contribution in [0.1, 0.15) is 25.0 Å². The first-order valence-electron chi connectivity index (χ1n) is 9.48. The van der Waals surface area contributed by atoms with Crippen molar-refractivity contribution in [2.75, 3.05) is 18.4 Å². The minimum atomic E-state index is -4.69. The summed E-state index contributed by atoms with van der Waals surface area (Å²) in [5.74, 6) is -3.61. The van der Waals surface area contributed by atoms with Crippen LogP contribution in [0, 0.1) is 17.2 Å². The maximum absolute atomic E-state index is 13.9. The molecule has 7 heteroatoms. The number of nitrogens with one attached hydrogen (secondary N) is 1. The summed E-state index contributed by atoms with van der Waals surface area (Å²) in [6.07, 6.45) is -4.05. The molecule has 1 amide bonds. The smallest absolute Gasteiger partial charge is 0.326 e. The molecule has 156 valence electrons. The molecule has 3 nitrogen and oxygen atoms in total. The summed E-state index contributed by atoms with van der Waals surface area (Å²) in [5.41, 5.74) is 0.742. The molecule has 0 spiro atoms. The summed E-state index contributed by atoms with van der Waals surface area (Å²) in [6.45, 7) is 3.90. The van der Waals surface area contributed by atoms with Gasteiger partial charge in [0.2, 0.25) is 5.91 Å². The molecule has 0 saturated heterocycles. The number of alkyl halides is 3. The van der Waals surface area contributed by atoms with Crippen LogP contribution in [0.3, 0.4) is 0 Å². The Morgan fingerprint density at radius 3 is 2.45 bits per heavy atom. The standard InChI is InChI=1S/C22H24F4N2O/c1-21(2,14-28-11-10-15-8-9-17(23)12-16(15)13-28)19(22(24,25)26)20(29)27-18-6-4-3-5-7-18/h3-9,12,19H,10-11,13-14H2,1-2H3,(H,27,29). The van der Waals surface area contributed by atoms with Crippen molar-refractivity contribution >= 4 is 11.6 Å². The molecule has 1 unspecified atom stereocenters. The number of fused-ring (bicyclic) bond motifs is 1. The topological polar surface area (TPSA) is 32.3 Å². The Balaban J connectivity index is 1.77. The molecular formula is C22H24F4N2O. The van der Waals surface area contributed by atoms with E-state index in [1.54, 1.807) is 36.4 Å². The van der Waals surface area contributed by atoms with E-state index in [0.29, 0.717) is 25.2 Å². The van der Waals surface area contributed by atoms with Crippen LogP contribution in [0.4, 0.5) is 23.2 Å². The van der Waals surface area contributed by atoms with Gasteiger partial charge < -0.3 is 5.32 Å². The quantitative estimate of drug-likeness (QED) is 0.704. The molecule has 1 aliphatic heterocycles. The lowest BCUT2D eigenvalue weighted by Gasteiger charge is -2.40. The Bertz CT molecular complexity index is 865. The fourth-order valence-corrected chi connectivity index (χ4v) is 4.07. The predicted molar refractivity (Wildman–Crippen MR) is 104 cm³/mol. The zero-order chi connectivity index (χ0) is 21.2. The highest BCUT2D eigenvalue weighted by atomic mass is 19.4. The number of halogens is 4. The number of hydrogen-bond donors (Lipinski definition) is 1. The van der Waals surface area contributed by atoms with E-state index in [4.69, 9.17) is 0 Å². The van der Waals surface area contributed by atoms with Gasteiger partial charge in [0.05, 0.1) is 0 Å². The van der Waals surface area contributed by atoms with E-state index in [-0.39, 0.29) is 12.4 Å². The van der Waals surface area contributed by atoms with Gasteiger partial charge in [-0.3, -0.25) is 9.69 Å². The Morgan fingerprint density at radius 2 is 1.79 bits per heavy atom. The Morgan fingerprint density at radius 1 is 1.10 bits per heavy atom. The maximum atomic E-state index is 13.9. The SMILES string of the molecule is CC(C)(CN1CCc2ccc(F)cc2C1)C(C(=O)Nc1ccccc1)C(F)(F)F. The van der Waals surface area contributed by atoms with Crippen molar-refractivity contribution < 1.29 is 22.4 Å². The third-order valence-corrected chi connectivity index (χ3v) is 5.30. The van der Waals surface area contributed by atoms with E-state index < -0.39 is 23.4 Å². The molecule has 1 atom stereocenters. The molecule has 2 aromatic rings. The third kappa shape index (κ3) is 5.15. The molecule has 0 aliphatic carbocycles. The molecule has 1 N–H and O–H groups in total. The van der Waals surface area contributed by atoms with Crippen molar-refractivity contribution in [3.8, 4) is 0 Å². The number of benzene rings is 2. The number of anilines is 1. The van der Waals surface area contributed by atoms with Crippen molar-refractivity contribution in [3.05, 3.63) is 65.5 Å². The third-order valence-electron chi connectivity index (χ3n) is 5.30. The lowest BCUT2D eigenvalue weighted by atomic mass is 9.76. The maximum Gasteiger partial charge on any atom is 0.401 e. The van der Waals surface area contributed by atoms with Crippen LogP contribution in [0.15, 0.2) is 48.5 Å². The zero-order valence-electron chi connectivity index (χ0n) is 16.4. The highest BCUT2D eigenvalue weighted by molar-refractivity contribution is 5.93. The van der Waals surface area contributed by atoms with Crippen LogP contribution in [0.2, 0.25) is 0 Å². The van der Waals surface area contributed by atoms with E-state index in [2.05, 4.69) is 5.32 Å². The van der Waals surface area contributed by atoms with Gasteiger partial charge in [0.1, 0.15) is 11.7 Å². The number of amides is 1. The average molecular weight is 408 g/mol. The average Bonchev–Trinajstić information content (AvgIpc) is 2.60. The monoisotopic (exact) mass is 408 g/mol. The largest absolute Gasteiger partial charge is 0.401 e. The van der Waals surface area contributed by atoms with Crippen molar-refractivity contribution in [3.63, 3.8) is 0 Å². The minimum Gasteiger partial charge on any atom is -0.326 e. The summed E-state index contributed by atoms with van der Waals surface area (Å²) < 4.78 is 55.2. The van der Waals surface area contributed by atoms with Gasteiger partial charge in [-0.2, -0.15) is 13.2 Å². The van der Waals surface area contributed by atoms with Crippen LogP contribution in [-0.2, 0) is 17.8 Å². The van der Waals surface area contributed by atoms with Gasteiger partial charge in [-0.1, -0.05) is 38.1 Å². The Labute approximate surface area is 167 Å². The normalized spacial score (nSPS) is 16.2. The highest BCUT2D eigenvalue weighted by Gasteiger charge is 2.54. The Kier molecular flexibility index (Phi) is 5.98. The van der Waals surface area contributed by atoms with E-state index in [0.717, 1.165) is 11.1 Å². The van der Waals surface area contributed by atoms with Gasteiger partial charge in [-0.15, -0.1) is 0 Å². The van der Waals surface area contributed by atoms with Gasteiger partial charge in [0.15, 0.2) is 0 Å².